The van der Waals surface area contributed by atoms with Crippen LogP contribution in [0.5, 0.6) is 5.75 Å². The van der Waals surface area contributed by atoms with Crippen LogP contribution in [0.25, 0.3) is 0 Å². The minimum absolute atomic E-state index is 0.0129. The van der Waals surface area contributed by atoms with Crippen LogP contribution in [0.4, 0.5) is 5.69 Å². The molecule has 0 aromatic heterocycles. The number of hydrogen-bond donors (Lipinski definition) is 0. The zero-order chi connectivity index (χ0) is 30.5. The number of benzene rings is 4. The Morgan fingerprint density at radius 1 is 0.837 bits per heavy atom. The van der Waals surface area contributed by atoms with E-state index in [4.69, 9.17) is 21.1 Å². The molecule has 0 unspecified atom stereocenters. The van der Waals surface area contributed by atoms with Gasteiger partial charge in [-0.05, 0) is 66.7 Å². The molecule has 10 heteroatoms. The van der Waals surface area contributed by atoms with Gasteiger partial charge in [0.15, 0.2) is 18.2 Å². The Morgan fingerprint density at radius 3 is 2.21 bits per heavy atom. The molecule has 5 rings (SSSR count). The van der Waals surface area contributed by atoms with Gasteiger partial charge < -0.3 is 14.4 Å². The number of esters is 2. The molecule has 0 saturated carbocycles. The standard InChI is InChI=1S/C33H23BrClNO7/c34-24-10-6-22(7-11-24)33(41)43-26-13-8-20(9-14-26)29(37)19-42-32(40)23-16-30(38)36(18-23)28-15-12-25(35)17-27(28)31(39)21-4-2-1-3-5-21/h1-15,17,23H,16,18-19H2/t23-/m1/s1. The lowest BCUT2D eigenvalue weighted by atomic mass is 10.0. The Bertz CT molecular complexity index is 1710. The molecular weight excluding hydrogens is 638 g/mol. The van der Waals surface area contributed by atoms with Gasteiger partial charge in [0.25, 0.3) is 0 Å². The zero-order valence-corrected chi connectivity index (χ0v) is 24.8. The largest absolute Gasteiger partial charge is 0.457 e. The number of carbonyl (C=O) groups excluding carboxylic acids is 5. The number of ketones is 2. The minimum atomic E-state index is -0.823. The summed E-state index contributed by atoms with van der Waals surface area (Å²) in [6, 6.07) is 25.8. The fourth-order valence-corrected chi connectivity index (χ4v) is 5.00. The van der Waals surface area contributed by atoms with Crippen molar-refractivity contribution in [1.29, 1.82) is 0 Å². The van der Waals surface area contributed by atoms with Crippen LogP contribution in [0.15, 0.2) is 102 Å². The third kappa shape index (κ3) is 7.07. The van der Waals surface area contributed by atoms with E-state index in [2.05, 4.69) is 15.9 Å². The number of Topliss-reactive ketones (excluding diaryl/α,β-unsaturated/α-hetero) is 1. The Labute approximate surface area is 260 Å². The molecule has 1 atom stereocenters. The highest BCUT2D eigenvalue weighted by Gasteiger charge is 2.38. The van der Waals surface area contributed by atoms with E-state index >= 15 is 0 Å². The smallest absolute Gasteiger partial charge is 0.343 e. The Hall–Kier alpha value is -4.60. The highest BCUT2D eigenvalue weighted by Crippen LogP contribution is 2.32. The summed E-state index contributed by atoms with van der Waals surface area (Å²) in [5.74, 6) is -2.95. The van der Waals surface area contributed by atoms with Crippen molar-refractivity contribution in [3.63, 3.8) is 0 Å². The van der Waals surface area contributed by atoms with E-state index in [9.17, 15) is 24.0 Å². The number of hydrogen-bond acceptors (Lipinski definition) is 7. The predicted molar refractivity (Wildman–Crippen MR) is 163 cm³/mol. The van der Waals surface area contributed by atoms with Crippen LogP contribution in [-0.2, 0) is 14.3 Å². The van der Waals surface area contributed by atoms with Gasteiger partial charge in [-0.3, -0.25) is 19.2 Å². The van der Waals surface area contributed by atoms with Gasteiger partial charge in [0.2, 0.25) is 5.91 Å². The van der Waals surface area contributed by atoms with Crippen LogP contribution in [-0.4, -0.2) is 42.6 Å². The fraction of sp³-hybridized carbons (Fsp3) is 0.121. The summed E-state index contributed by atoms with van der Waals surface area (Å²) < 4.78 is 11.4. The van der Waals surface area contributed by atoms with Gasteiger partial charge in [0.1, 0.15) is 5.75 Å². The molecule has 216 valence electrons. The summed E-state index contributed by atoms with van der Waals surface area (Å²) in [7, 11) is 0. The number of anilines is 1. The van der Waals surface area contributed by atoms with E-state index in [1.165, 1.54) is 35.2 Å². The molecular formula is C33H23BrClNO7. The molecule has 8 nitrogen and oxygen atoms in total. The molecule has 1 fully saturated rings. The highest BCUT2D eigenvalue weighted by atomic mass is 79.9. The van der Waals surface area contributed by atoms with E-state index in [-0.39, 0.29) is 41.5 Å². The van der Waals surface area contributed by atoms with Crippen molar-refractivity contribution in [3.8, 4) is 5.75 Å². The second kappa shape index (κ2) is 13.1. The lowest BCUT2D eigenvalue weighted by molar-refractivity contribution is -0.147. The Balaban J connectivity index is 1.18. The molecule has 0 N–H and O–H groups in total. The molecule has 0 spiro atoms. The Kier molecular flexibility index (Phi) is 9.13. The molecule has 43 heavy (non-hydrogen) atoms. The summed E-state index contributed by atoms with van der Waals surface area (Å²) in [5, 5.41) is 0.333. The maximum atomic E-state index is 13.2. The van der Waals surface area contributed by atoms with E-state index < -0.39 is 30.2 Å². The van der Waals surface area contributed by atoms with Gasteiger partial charge in [0.05, 0.1) is 17.2 Å². The quantitative estimate of drug-likeness (QED) is 0.117. The van der Waals surface area contributed by atoms with Crippen LogP contribution in [0, 0.1) is 5.92 Å². The molecule has 0 bridgehead atoms. The molecule has 4 aromatic carbocycles. The average molecular weight is 661 g/mol. The second-order valence-electron chi connectivity index (χ2n) is 9.71. The van der Waals surface area contributed by atoms with E-state index in [1.807, 2.05) is 0 Å². The molecule has 1 saturated heterocycles. The van der Waals surface area contributed by atoms with Gasteiger partial charge in [0, 0.05) is 39.2 Å². The van der Waals surface area contributed by atoms with Crippen LogP contribution in [0.2, 0.25) is 5.02 Å². The van der Waals surface area contributed by atoms with Crippen LogP contribution in [0.3, 0.4) is 0 Å². The highest BCUT2D eigenvalue weighted by molar-refractivity contribution is 9.10. The van der Waals surface area contributed by atoms with Crippen molar-refractivity contribution in [2.75, 3.05) is 18.1 Å². The summed E-state index contributed by atoms with van der Waals surface area (Å²) >= 11 is 9.48. The molecule has 1 amide bonds. The van der Waals surface area contributed by atoms with Crippen molar-refractivity contribution >= 4 is 62.6 Å². The molecule has 4 aromatic rings. The SMILES string of the molecule is O=C(COC(=O)[C@@H]1CC(=O)N(c2ccc(Cl)cc2C(=O)c2ccccc2)C1)c1ccc(OC(=O)c2ccc(Br)cc2)cc1. The van der Waals surface area contributed by atoms with Gasteiger partial charge >= 0.3 is 11.9 Å². The first-order chi connectivity index (χ1) is 20.7. The zero-order valence-electron chi connectivity index (χ0n) is 22.5. The third-order valence-corrected chi connectivity index (χ3v) is 7.56. The van der Waals surface area contributed by atoms with E-state index in [1.54, 1.807) is 66.7 Å². The summed E-state index contributed by atoms with van der Waals surface area (Å²) in [4.78, 5) is 65.3. The number of ether oxygens (including phenoxy) is 2. The molecule has 1 aliphatic heterocycles. The number of nitrogens with zero attached hydrogens (tertiary/aromatic N) is 1. The monoisotopic (exact) mass is 659 g/mol. The first kappa shape index (κ1) is 29.9. The Morgan fingerprint density at radius 2 is 1.51 bits per heavy atom. The number of halogens is 2. The topological polar surface area (TPSA) is 107 Å². The molecule has 1 heterocycles. The first-order valence-corrected chi connectivity index (χ1v) is 14.3. The number of carbonyl (C=O) groups is 5. The van der Waals surface area contributed by atoms with Crippen LogP contribution in [0.1, 0.15) is 43.1 Å². The lowest BCUT2D eigenvalue weighted by Crippen LogP contribution is -2.28. The maximum absolute atomic E-state index is 13.2. The average Bonchev–Trinajstić information content (AvgIpc) is 3.41. The second-order valence-corrected chi connectivity index (χ2v) is 11.1. The number of amides is 1. The maximum Gasteiger partial charge on any atom is 0.343 e. The fourth-order valence-electron chi connectivity index (χ4n) is 4.57. The van der Waals surface area contributed by atoms with E-state index in [0.29, 0.717) is 21.8 Å². The summed E-state index contributed by atoms with van der Waals surface area (Å²) in [5.41, 5.74) is 1.64. The van der Waals surface area contributed by atoms with Crippen molar-refractivity contribution in [2.45, 2.75) is 6.42 Å². The normalized spacial score (nSPS) is 14.3. The van der Waals surface area contributed by atoms with E-state index in [0.717, 1.165) is 4.47 Å². The van der Waals surface area contributed by atoms with Gasteiger partial charge in [-0.2, -0.15) is 0 Å². The lowest BCUT2D eigenvalue weighted by Gasteiger charge is -2.20. The van der Waals surface area contributed by atoms with Gasteiger partial charge in [-0.15, -0.1) is 0 Å². The van der Waals surface area contributed by atoms with Crippen molar-refractivity contribution in [3.05, 3.63) is 129 Å². The minimum Gasteiger partial charge on any atom is -0.457 e. The van der Waals surface area contributed by atoms with Crippen LogP contribution >= 0.6 is 27.5 Å². The molecule has 0 aliphatic carbocycles. The van der Waals surface area contributed by atoms with Gasteiger partial charge in [-0.25, -0.2) is 4.79 Å². The van der Waals surface area contributed by atoms with Crippen molar-refractivity contribution in [2.24, 2.45) is 5.92 Å². The first-order valence-electron chi connectivity index (χ1n) is 13.2. The summed E-state index contributed by atoms with van der Waals surface area (Å²) in [6.07, 6.45) is -0.132. The molecule has 0 radical (unpaired) electrons. The van der Waals surface area contributed by atoms with Gasteiger partial charge in [-0.1, -0.05) is 57.9 Å². The number of rotatable bonds is 9. The van der Waals surface area contributed by atoms with Crippen molar-refractivity contribution in [1.82, 2.24) is 0 Å². The van der Waals surface area contributed by atoms with Crippen LogP contribution < -0.4 is 9.64 Å². The molecule has 1 aliphatic rings. The predicted octanol–water partition coefficient (Wildman–Crippen LogP) is 6.33. The summed E-state index contributed by atoms with van der Waals surface area (Å²) in [6.45, 7) is -0.540. The third-order valence-electron chi connectivity index (χ3n) is 6.80. The van der Waals surface area contributed by atoms with Crippen molar-refractivity contribution < 1.29 is 33.4 Å².